The van der Waals surface area contributed by atoms with Gasteiger partial charge in [-0.1, -0.05) is 0 Å². The molecule has 0 fully saturated rings. The van der Waals surface area contributed by atoms with Gasteiger partial charge in [0.05, 0.1) is 5.52 Å². The topological polar surface area (TPSA) is 17.0 Å². The Kier molecular flexibility index (Phi) is 2.97. The standard InChI is InChI=1S/C13H17FN2/c1-9(2)16-8-10(7-15-3)12-5-4-11(14)6-13(12)16/h4-6,8-9,15H,7H2,1-3H3. The Morgan fingerprint density at radius 1 is 1.38 bits per heavy atom. The molecule has 0 unspecified atom stereocenters. The van der Waals surface area contributed by atoms with E-state index in [1.807, 2.05) is 13.1 Å². The van der Waals surface area contributed by atoms with Crippen LogP contribution in [0.3, 0.4) is 0 Å². The van der Waals surface area contributed by atoms with Crippen LogP contribution in [0.2, 0.25) is 0 Å². The highest BCUT2D eigenvalue weighted by Gasteiger charge is 2.10. The van der Waals surface area contributed by atoms with Crippen LogP contribution in [0.15, 0.2) is 24.4 Å². The summed E-state index contributed by atoms with van der Waals surface area (Å²) in [5.41, 5.74) is 2.19. The van der Waals surface area contributed by atoms with Crippen LogP contribution in [0.25, 0.3) is 10.9 Å². The van der Waals surface area contributed by atoms with Crippen LogP contribution >= 0.6 is 0 Å². The molecule has 1 aromatic carbocycles. The minimum Gasteiger partial charge on any atom is -0.345 e. The number of halogens is 1. The molecule has 0 bridgehead atoms. The fraction of sp³-hybridized carbons (Fsp3) is 0.385. The van der Waals surface area contributed by atoms with Crippen molar-refractivity contribution in [2.24, 2.45) is 0 Å². The zero-order valence-electron chi connectivity index (χ0n) is 9.92. The molecular weight excluding hydrogens is 203 g/mol. The summed E-state index contributed by atoms with van der Waals surface area (Å²) in [6.07, 6.45) is 2.10. The first-order valence-corrected chi connectivity index (χ1v) is 5.57. The van der Waals surface area contributed by atoms with Gasteiger partial charge in [0.1, 0.15) is 5.82 Å². The molecular formula is C13H17FN2. The molecule has 86 valence electrons. The lowest BCUT2D eigenvalue weighted by Gasteiger charge is -2.08. The Morgan fingerprint density at radius 2 is 2.12 bits per heavy atom. The minimum atomic E-state index is -0.177. The molecule has 0 saturated carbocycles. The molecule has 1 heterocycles. The molecule has 16 heavy (non-hydrogen) atoms. The number of hydrogen-bond donors (Lipinski definition) is 1. The lowest BCUT2D eigenvalue weighted by atomic mass is 10.2. The molecule has 3 heteroatoms. The first-order chi connectivity index (χ1) is 7.63. The molecule has 0 aliphatic heterocycles. The van der Waals surface area contributed by atoms with Gasteiger partial charge in [-0.2, -0.15) is 0 Å². The average molecular weight is 220 g/mol. The number of aromatic nitrogens is 1. The largest absolute Gasteiger partial charge is 0.345 e. The Labute approximate surface area is 95.1 Å². The summed E-state index contributed by atoms with van der Waals surface area (Å²) < 4.78 is 15.4. The zero-order chi connectivity index (χ0) is 11.7. The lowest BCUT2D eigenvalue weighted by Crippen LogP contribution is -2.04. The number of benzene rings is 1. The first-order valence-electron chi connectivity index (χ1n) is 5.57. The van der Waals surface area contributed by atoms with E-state index in [9.17, 15) is 4.39 Å². The number of nitrogens with one attached hydrogen (secondary N) is 1. The van der Waals surface area contributed by atoms with Crippen molar-refractivity contribution in [3.05, 3.63) is 35.8 Å². The van der Waals surface area contributed by atoms with Crippen molar-refractivity contribution in [2.75, 3.05) is 7.05 Å². The zero-order valence-corrected chi connectivity index (χ0v) is 9.92. The maximum absolute atomic E-state index is 13.2. The van der Waals surface area contributed by atoms with Gasteiger partial charge in [-0.3, -0.25) is 0 Å². The smallest absolute Gasteiger partial charge is 0.125 e. The molecule has 0 radical (unpaired) electrons. The monoisotopic (exact) mass is 220 g/mol. The molecule has 0 aliphatic carbocycles. The van der Waals surface area contributed by atoms with Gasteiger partial charge in [0.2, 0.25) is 0 Å². The van der Waals surface area contributed by atoms with Gasteiger partial charge in [-0.25, -0.2) is 4.39 Å². The Bertz CT molecular complexity index is 500. The summed E-state index contributed by atoms with van der Waals surface area (Å²) in [6, 6.07) is 5.33. The normalized spacial score (nSPS) is 11.6. The fourth-order valence-electron chi connectivity index (χ4n) is 2.06. The van der Waals surface area contributed by atoms with E-state index in [1.165, 1.54) is 11.6 Å². The van der Waals surface area contributed by atoms with Gasteiger partial charge in [-0.05, 0) is 44.7 Å². The van der Waals surface area contributed by atoms with Gasteiger partial charge in [0.15, 0.2) is 0 Å². The summed E-state index contributed by atoms with van der Waals surface area (Å²) in [4.78, 5) is 0. The summed E-state index contributed by atoms with van der Waals surface area (Å²) in [7, 11) is 1.92. The maximum atomic E-state index is 13.2. The number of nitrogens with zero attached hydrogens (tertiary/aromatic N) is 1. The van der Waals surface area contributed by atoms with Crippen LogP contribution in [0.4, 0.5) is 4.39 Å². The van der Waals surface area contributed by atoms with Crippen LogP contribution in [0.5, 0.6) is 0 Å². The maximum Gasteiger partial charge on any atom is 0.125 e. The fourth-order valence-corrected chi connectivity index (χ4v) is 2.06. The molecule has 2 nitrogen and oxygen atoms in total. The number of rotatable bonds is 3. The molecule has 0 spiro atoms. The van der Waals surface area contributed by atoms with E-state index in [4.69, 9.17) is 0 Å². The highest BCUT2D eigenvalue weighted by molar-refractivity contribution is 5.84. The summed E-state index contributed by atoms with van der Waals surface area (Å²) >= 11 is 0. The summed E-state index contributed by atoms with van der Waals surface area (Å²) in [6.45, 7) is 5.02. The average Bonchev–Trinajstić information content (AvgIpc) is 2.57. The molecule has 2 aromatic rings. The Morgan fingerprint density at radius 3 is 2.75 bits per heavy atom. The number of fused-ring (bicyclic) bond motifs is 1. The van der Waals surface area contributed by atoms with Crippen LogP contribution in [0.1, 0.15) is 25.5 Å². The Hall–Kier alpha value is -1.35. The molecule has 0 saturated heterocycles. The van der Waals surface area contributed by atoms with Gasteiger partial charge < -0.3 is 9.88 Å². The van der Waals surface area contributed by atoms with Crippen LogP contribution < -0.4 is 5.32 Å². The quantitative estimate of drug-likeness (QED) is 0.841. The molecule has 1 aromatic heterocycles. The molecule has 0 amide bonds. The van der Waals surface area contributed by atoms with Crippen LogP contribution in [-0.4, -0.2) is 11.6 Å². The number of hydrogen-bond acceptors (Lipinski definition) is 1. The summed E-state index contributed by atoms with van der Waals surface area (Å²) in [5.74, 6) is -0.177. The van der Waals surface area contributed by atoms with Gasteiger partial charge >= 0.3 is 0 Å². The van der Waals surface area contributed by atoms with Crippen molar-refractivity contribution in [3.63, 3.8) is 0 Å². The van der Waals surface area contributed by atoms with Crippen LogP contribution in [0, 0.1) is 5.82 Å². The van der Waals surface area contributed by atoms with Gasteiger partial charge in [0, 0.05) is 24.2 Å². The van der Waals surface area contributed by atoms with E-state index in [-0.39, 0.29) is 5.82 Å². The van der Waals surface area contributed by atoms with Crippen LogP contribution in [-0.2, 0) is 6.54 Å². The second kappa shape index (κ2) is 4.26. The van der Waals surface area contributed by atoms with E-state index in [1.54, 1.807) is 6.07 Å². The third-order valence-corrected chi connectivity index (χ3v) is 2.80. The SMILES string of the molecule is CNCc1cn(C(C)C)c2cc(F)ccc12. The highest BCUT2D eigenvalue weighted by Crippen LogP contribution is 2.25. The predicted molar refractivity (Wildman–Crippen MR) is 65.0 cm³/mol. The lowest BCUT2D eigenvalue weighted by molar-refractivity contribution is 0.610. The van der Waals surface area contributed by atoms with Crippen molar-refractivity contribution in [1.29, 1.82) is 0 Å². The van der Waals surface area contributed by atoms with E-state index >= 15 is 0 Å². The van der Waals surface area contributed by atoms with E-state index < -0.39 is 0 Å². The second-order valence-corrected chi connectivity index (χ2v) is 4.35. The van der Waals surface area contributed by atoms with Gasteiger partial charge in [-0.15, -0.1) is 0 Å². The molecule has 0 atom stereocenters. The minimum absolute atomic E-state index is 0.177. The van der Waals surface area contributed by atoms with Crippen molar-refractivity contribution in [2.45, 2.75) is 26.4 Å². The van der Waals surface area contributed by atoms with E-state index in [0.717, 1.165) is 17.4 Å². The van der Waals surface area contributed by atoms with E-state index in [2.05, 4.69) is 29.9 Å². The molecule has 1 N–H and O–H groups in total. The molecule has 0 aliphatic rings. The molecule has 2 rings (SSSR count). The first kappa shape index (κ1) is 11.1. The van der Waals surface area contributed by atoms with Crippen molar-refractivity contribution < 1.29 is 4.39 Å². The summed E-state index contributed by atoms with van der Waals surface area (Å²) in [5, 5.41) is 4.27. The van der Waals surface area contributed by atoms with Crippen molar-refractivity contribution >= 4 is 10.9 Å². The Balaban J connectivity index is 2.66. The predicted octanol–water partition coefficient (Wildman–Crippen LogP) is 3.08. The highest BCUT2D eigenvalue weighted by atomic mass is 19.1. The van der Waals surface area contributed by atoms with Gasteiger partial charge in [0.25, 0.3) is 0 Å². The third kappa shape index (κ3) is 1.83. The van der Waals surface area contributed by atoms with E-state index in [0.29, 0.717) is 6.04 Å². The van der Waals surface area contributed by atoms with Crippen molar-refractivity contribution in [1.82, 2.24) is 9.88 Å². The second-order valence-electron chi connectivity index (χ2n) is 4.35. The van der Waals surface area contributed by atoms with Crippen molar-refractivity contribution in [3.8, 4) is 0 Å². The third-order valence-electron chi connectivity index (χ3n) is 2.80.